The number of rotatable bonds is 3. The predicted octanol–water partition coefficient (Wildman–Crippen LogP) is 3.12. The van der Waals surface area contributed by atoms with Gasteiger partial charge in [0.1, 0.15) is 5.82 Å². The third-order valence-corrected chi connectivity index (χ3v) is 4.59. The molecule has 2 aromatic heterocycles. The predicted molar refractivity (Wildman–Crippen MR) is 79.5 cm³/mol. The van der Waals surface area contributed by atoms with Gasteiger partial charge in [-0.25, -0.2) is 9.67 Å². The van der Waals surface area contributed by atoms with Crippen molar-refractivity contribution in [1.29, 1.82) is 0 Å². The molecule has 1 aliphatic rings. The maximum Gasteiger partial charge on any atom is 0.410 e. The van der Waals surface area contributed by atoms with Crippen LogP contribution in [0.25, 0.3) is 0 Å². The molecule has 0 saturated carbocycles. The fraction of sp³-hybridized carbons (Fsp3) is 0.500. The molecule has 1 amide bonds. The van der Waals surface area contributed by atoms with Crippen LogP contribution in [0.5, 0.6) is 0 Å². The number of aromatic nitrogens is 3. The van der Waals surface area contributed by atoms with E-state index in [2.05, 4.69) is 10.1 Å². The Morgan fingerprint density at radius 1 is 1.48 bits per heavy atom. The molecule has 0 aliphatic carbocycles. The van der Waals surface area contributed by atoms with Gasteiger partial charge in [-0.1, -0.05) is 0 Å². The van der Waals surface area contributed by atoms with E-state index in [1.54, 1.807) is 13.1 Å². The SMILES string of the molecule is Cc1cc2n(n1)C(C(F)(F)F)CCN2C(=O)CCc1nccs1. The Morgan fingerprint density at radius 2 is 2.26 bits per heavy atom. The molecule has 9 heteroatoms. The van der Waals surface area contributed by atoms with Gasteiger partial charge in [-0.15, -0.1) is 11.3 Å². The summed E-state index contributed by atoms with van der Waals surface area (Å²) in [5.41, 5.74) is 0.467. The standard InChI is InChI=1S/C14H15F3N4OS/c1-9-8-12-20(13(22)3-2-11-18-5-7-23-11)6-4-10(14(15,16)17)21(12)19-9/h5,7-8,10H,2-4,6H2,1H3. The minimum absolute atomic E-state index is 0.0476. The lowest BCUT2D eigenvalue weighted by Gasteiger charge is -2.33. The zero-order chi connectivity index (χ0) is 16.6. The summed E-state index contributed by atoms with van der Waals surface area (Å²) < 4.78 is 40.3. The minimum Gasteiger partial charge on any atom is -0.297 e. The highest BCUT2D eigenvalue weighted by Gasteiger charge is 2.46. The van der Waals surface area contributed by atoms with Gasteiger partial charge in [-0.2, -0.15) is 18.3 Å². The Morgan fingerprint density at radius 3 is 2.91 bits per heavy atom. The van der Waals surface area contributed by atoms with Crippen molar-refractivity contribution in [3.8, 4) is 0 Å². The van der Waals surface area contributed by atoms with E-state index in [-0.39, 0.29) is 31.1 Å². The molecule has 0 saturated heterocycles. The second-order valence-corrected chi connectivity index (χ2v) is 6.38. The van der Waals surface area contributed by atoms with Crippen molar-refractivity contribution in [1.82, 2.24) is 14.8 Å². The number of anilines is 1. The van der Waals surface area contributed by atoms with Crippen LogP contribution in [0.4, 0.5) is 19.0 Å². The summed E-state index contributed by atoms with van der Waals surface area (Å²) in [6.45, 7) is 1.67. The van der Waals surface area contributed by atoms with Gasteiger partial charge < -0.3 is 0 Å². The number of hydrogen-bond acceptors (Lipinski definition) is 4. The van der Waals surface area contributed by atoms with Gasteiger partial charge in [0.2, 0.25) is 5.91 Å². The summed E-state index contributed by atoms with van der Waals surface area (Å²) in [5.74, 6) is 0.0159. The van der Waals surface area contributed by atoms with Crippen molar-refractivity contribution in [2.75, 3.05) is 11.4 Å². The Labute approximate surface area is 134 Å². The Hall–Kier alpha value is -1.90. The molecular formula is C14H15F3N4OS. The highest BCUT2D eigenvalue weighted by molar-refractivity contribution is 7.09. The normalized spacial score (nSPS) is 18.1. The van der Waals surface area contributed by atoms with E-state index in [1.807, 2.05) is 5.38 Å². The Bertz CT molecular complexity index is 695. The molecule has 0 spiro atoms. The first-order chi connectivity index (χ1) is 10.9. The number of thiazole rings is 1. The van der Waals surface area contributed by atoms with Crippen LogP contribution < -0.4 is 4.90 Å². The zero-order valence-corrected chi connectivity index (χ0v) is 13.2. The first kappa shape index (κ1) is 16.0. The second-order valence-electron chi connectivity index (χ2n) is 5.41. The van der Waals surface area contributed by atoms with Crippen LogP contribution in [0.15, 0.2) is 17.6 Å². The molecule has 0 N–H and O–H groups in total. The molecule has 124 valence electrons. The molecular weight excluding hydrogens is 329 g/mol. The molecule has 1 atom stereocenters. The first-order valence-corrected chi connectivity index (χ1v) is 8.06. The van der Waals surface area contributed by atoms with Crippen molar-refractivity contribution < 1.29 is 18.0 Å². The Kier molecular flexibility index (Phi) is 4.13. The lowest BCUT2D eigenvalue weighted by Crippen LogP contribution is -2.43. The third-order valence-electron chi connectivity index (χ3n) is 3.75. The van der Waals surface area contributed by atoms with E-state index < -0.39 is 12.2 Å². The maximum atomic E-state index is 13.1. The molecule has 5 nitrogen and oxygen atoms in total. The second kappa shape index (κ2) is 5.95. The Balaban J connectivity index is 1.79. The lowest BCUT2D eigenvalue weighted by molar-refractivity contribution is -0.173. The molecule has 1 unspecified atom stereocenters. The van der Waals surface area contributed by atoms with Crippen LogP contribution >= 0.6 is 11.3 Å². The van der Waals surface area contributed by atoms with Crippen LogP contribution in [0, 0.1) is 6.92 Å². The first-order valence-electron chi connectivity index (χ1n) is 7.18. The average Bonchev–Trinajstić information content (AvgIpc) is 3.10. The van der Waals surface area contributed by atoms with Gasteiger partial charge in [0, 0.05) is 37.0 Å². The van der Waals surface area contributed by atoms with Crippen LogP contribution in [0.3, 0.4) is 0 Å². The summed E-state index contributed by atoms with van der Waals surface area (Å²) in [5, 5.41) is 6.60. The van der Waals surface area contributed by atoms with Crippen LogP contribution in [-0.2, 0) is 11.2 Å². The van der Waals surface area contributed by atoms with Crippen molar-refractivity contribution in [3.63, 3.8) is 0 Å². The summed E-state index contributed by atoms with van der Waals surface area (Å²) in [4.78, 5) is 17.9. The highest BCUT2D eigenvalue weighted by Crippen LogP contribution is 2.39. The van der Waals surface area contributed by atoms with Gasteiger partial charge >= 0.3 is 6.18 Å². The number of carbonyl (C=O) groups excluding carboxylic acids is 1. The summed E-state index contributed by atoms with van der Waals surface area (Å²) >= 11 is 1.46. The van der Waals surface area contributed by atoms with E-state index in [9.17, 15) is 18.0 Å². The van der Waals surface area contributed by atoms with E-state index in [4.69, 9.17) is 0 Å². The fourth-order valence-corrected chi connectivity index (χ4v) is 3.32. The number of fused-ring (bicyclic) bond motifs is 1. The number of amides is 1. The van der Waals surface area contributed by atoms with Gasteiger partial charge in [-0.3, -0.25) is 9.69 Å². The molecule has 0 aromatic carbocycles. The highest BCUT2D eigenvalue weighted by atomic mass is 32.1. The number of aryl methyl sites for hydroxylation is 2. The third kappa shape index (κ3) is 3.24. The molecule has 0 radical (unpaired) electrons. The fourth-order valence-electron chi connectivity index (χ4n) is 2.70. The molecule has 23 heavy (non-hydrogen) atoms. The van der Waals surface area contributed by atoms with E-state index in [0.29, 0.717) is 12.1 Å². The zero-order valence-electron chi connectivity index (χ0n) is 12.4. The molecule has 3 rings (SSSR count). The minimum atomic E-state index is -4.37. The number of hydrogen-bond donors (Lipinski definition) is 0. The van der Waals surface area contributed by atoms with E-state index in [0.717, 1.165) is 9.69 Å². The quantitative estimate of drug-likeness (QED) is 0.860. The lowest BCUT2D eigenvalue weighted by atomic mass is 10.1. The topological polar surface area (TPSA) is 51.0 Å². The smallest absolute Gasteiger partial charge is 0.297 e. The summed E-state index contributed by atoms with van der Waals surface area (Å²) in [6.07, 6.45) is -2.18. The van der Waals surface area contributed by atoms with Gasteiger partial charge in [0.05, 0.1) is 10.7 Å². The van der Waals surface area contributed by atoms with Crippen molar-refractivity contribution >= 4 is 23.1 Å². The molecule has 2 aromatic rings. The van der Waals surface area contributed by atoms with Crippen LogP contribution in [-0.4, -0.2) is 33.4 Å². The molecule has 3 heterocycles. The van der Waals surface area contributed by atoms with Crippen molar-refractivity contribution in [2.45, 2.75) is 38.4 Å². The van der Waals surface area contributed by atoms with Crippen molar-refractivity contribution in [3.05, 3.63) is 28.3 Å². The number of carbonyl (C=O) groups is 1. The largest absolute Gasteiger partial charge is 0.410 e. The molecule has 1 aliphatic heterocycles. The van der Waals surface area contributed by atoms with E-state index in [1.165, 1.54) is 22.3 Å². The number of nitrogens with zero attached hydrogens (tertiary/aromatic N) is 4. The van der Waals surface area contributed by atoms with Gasteiger partial charge in [0.15, 0.2) is 6.04 Å². The van der Waals surface area contributed by atoms with Crippen LogP contribution in [0.2, 0.25) is 0 Å². The van der Waals surface area contributed by atoms with Crippen LogP contribution in [0.1, 0.15) is 29.6 Å². The molecule has 0 fully saturated rings. The van der Waals surface area contributed by atoms with Gasteiger partial charge in [0.25, 0.3) is 0 Å². The summed E-state index contributed by atoms with van der Waals surface area (Å²) in [7, 11) is 0. The molecule has 0 bridgehead atoms. The average molecular weight is 344 g/mol. The number of halogens is 3. The summed E-state index contributed by atoms with van der Waals surface area (Å²) in [6, 6.07) is -0.145. The monoisotopic (exact) mass is 344 g/mol. The number of alkyl halides is 3. The maximum absolute atomic E-state index is 13.1. The van der Waals surface area contributed by atoms with Gasteiger partial charge in [-0.05, 0) is 13.3 Å². The van der Waals surface area contributed by atoms with Crippen molar-refractivity contribution in [2.24, 2.45) is 0 Å². The van der Waals surface area contributed by atoms with E-state index >= 15 is 0 Å².